The second-order valence-corrected chi connectivity index (χ2v) is 8.99. The van der Waals surface area contributed by atoms with Crippen LogP contribution < -0.4 is 0 Å². The smallest absolute Gasteiger partial charge is 0.0991 e. The van der Waals surface area contributed by atoms with E-state index in [4.69, 9.17) is 15.1 Å². The molecule has 1 aromatic carbocycles. The maximum Gasteiger partial charge on any atom is 0.0991 e. The van der Waals surface area contributed by atoms with Gasteiger partial charge in [-0.1, -0.05) is 12.1 Å². The van der Waals surface area contributed by atoms with Gasteiger partial charge in [0.25, 0.3) is 0 Å². The van der Waals surface area contributed by atoms with E-state index in [1.807, 2.05) is 41.1 Å². The van der Waals surface area contributed by atoms with Crippen LogP contribution in [0.25, 0.3) is 16.9 Å². The van der Waals surface area contributed by atoms with Gasteiger partial charge in [-0.15, -0.1) is 0 Å². The third-order valence-corrected chi connectivity index (χ3v) is 5.39. The highest BCUT2D eigenvalue weighted by atomic mass is 16.5. The first-order valence-electron chi connectivity index (χ1n) is 9.97. The van der Waals surface area contributed by atoms with E-state index in [9.17, 15) is 0 Å². The van der Waals surface area contributed by atoms with Crippen molar-refractivity contribution < 1.29 is 4.74 Å². The van der Waals surface area contributed by atoms with E-state index < -0.39 is 0 Å². The van der Waals surface area contributed by atoms with Crippen LogP contribution in [-0.4, -0.2) is 26.0 Å². The summed E-state index contributed by atoms with van der Waals surface area (Å²) >= 11 is 0. The molecule has 0 bridgehead atoms. The van der Waals surface area contributed by atoms with E-state index in [1.54, 1.807) is 12.4 Å². The molecule has 0 spiro atoms. The monoisotopic (exact) mass is 386 g/mol. The molecule has 0 unspecified atom stereocenters. The summed E-state index contributed by atoms with van der Waals surface area (Å²) in [6.07, 6.45) is 5.41. The van der Waals surface area contributed by atoms with Gasteiger partial charge in [-0.3, -0.25) is 4.98 Å². The lowest BCUT2D eigenvalue weighted by Gasteiger charge is -2.45. The predicted octanol–water partition coefficient (Wildman–Crippen LogP) is 5.26. The molecular formula is C24H26N4O. The number of aromatic nitrogens is 3. The van der Waals surface area contributed by atoms with Crippen LogP contribution in [0.15, 0.2) is 54.9 Å². The third-order valence-electron chi connectivity index (χ3n) is 5.39. The lowest BCUT2D eigenvalue weighted by atomic mass is 9.79. The van der Waals surface area contributed by atoms with E-state index in [2.05, 4.69) is 44.8 Å². The molecule has 1 fully saturated rings. The molecule has 0 saturated carbocycles. The highest BCUT2D eigenvalue weighted by Crippen LogP contribution is 2.43. The molecule has 29 heavy (non-hydrogen) atoms. The number of ether oxygens (including phenoxy) is 1. The minimum absolute atomic E-state index is 0.193. The van der Waals surface area contributed by atoms with E-state index >= 15 is 0 Å². The topological polar surface area (TPSA) is 63.7 Å². The van der Waals surface area contributed by atoms with E-state index in [-0.39, 0.29) is 11.2 Å². The average molecular weight is 386 g/mol. The average Bonchev–Trinajstić information content (AvgIpc) is 3.12. The minimum Gasteiger partial charge on any atom is -0.370 e. The second-order valence-electron chi connectivity index (χ2n) is 8.99. The SMILES string of the molecule is CC1(C)CC(c2cc(-c3ccc(C#N)cc3)n(-c3ccncc3)n2)CC(C)(C)O1. The van der Waals surface area contributed by atoms with Gasteiger partial charge >= 0.3 is 0 Å². The summed E-state index contributed by atoms with van der Waals surface area (Å²) in [7, 11) is 0. The zero-order chi connectivity index (χ0) is 20.6. The van der Waals surface area contributed by atoms with Crippen LogP contribution in [0.4, 0.5) is 0 Å². The Kier molecular flexibility index (Phi) is 4.76. The lowest BCUT2D eigenvalue weighted by Crippen LogP contribution is -2.44. The molecule has 3 heterocycles. The van der Waals surface area contributed by atoms with E-state index in [0.29, 0.717) is 11.5 Å². The molecule has 0 amide bonds. The molecule has 0 radical (unpaired) electrons. The highest BCUT2D eigenvalue weighted by Gasteiger charge is 2.40. The first-order chi connectivity index (χ1) is 13.8. The third kappa shape index (κ3) is 4.08. The van der Waals surface area contributed by atoms with Gasteiger partial charge < -0.3 is 4.74 Å². The van der Waals surface area contributed by atoms with Gasteiger partial charge in [0.1, 0.15) is 0 Å². The number of benzene rings is 1. The standard InChI is InChI=1S/C24H26N4O/c1-23(2)14-19(15-24(3,4)29-23)21-13-22(18-7-5-17(16-25)6-8-18)28(27-21)20-9-11-26-12-10-20/h5-13,19H,14-15H2,1-4H3. The van der Waals surface area contributed by atoms with Crippen LogP contribution in [0, 0.1) is 11.3 Å². The van der Waals surface area contributed by atoms with Crippen molar-refractivity contribution in [1.82, 2.24) is 14.8 Å². The molecular weight excluding hydrogens is 360 g/mol. The maximum absolute atomic E-state index is 9.12. The lowest BCUT2D eigenvalue weighted by molar-refractivity contribution is -0.162. The van der Waals surface area contributed by atoms with Crippen molar-refractivity contribution in [2.24, 2.45) is 0 Å². The number of nitriles is 1. The van der Waals surface area contributed by atoms with Crippen LogP contribution in [0.3, 0.4) is 0 Å². The fourth-order valence-electron chi connectivity index (χ4n) is 4.50. The summed E-state index contributed by atoms with van der Waals surface area (Å²) in [6.45, 7) is 8.62. The molecule has 4 rings (SSSR count). The number of rotatable bonds is 3. The molecule has 1 aliphatic heterocycles. The summed E-state index contributed by atoms with van der Waals surface area (Å²) in [5, 5.41) is 14.1. The fraction of sp³-hybridized carbons (Fsp3) is 0.375. The number of hydrogen-bond donors (Lipinski definition) is 0. The van der Waals surface area contributed by atoms with Crippen molar-refractivity contribution in [2.45, 2.75) is 57.7 Å². The van der Waals surface area contributed by atoms with Crippen molar-refractivity contribution in [3.8, 4) is 23.0 Å². The Morgan fingerprint density at radius 2 is 1.62 bits per heavy atom. The molecule has 1 saturated heterocycles. The quantitative estimate of drug-likeness (QED) is 0.616. The zero-order valence-corrected chi connectivity index (χ0v) is 17.4. The van der Waals surface area contributed by atoms with Crippen molar-refractivity contribution >= 4 is 0 Å². The molecule has 0 aliphatic carbocycles. The van der Waals surface area contributed by atoms with Gasteiger partial charge in [-0.2, -0.15) is 10.4 Å². The zero-order valence-electron chi connectivity index (χ0n) is 17.4. The molecule has 0 atom stereocenters. The van der Waals surface area contributed by atoms with Gasteiger partial charge in [0.15, 0.2) is 0 Å². The van der Waals surface area contributed by atoms with Gasteiger partial charge in [-0.25, -0.2) is 4.68 Å². The van der Waals surface area contributed by atoms with Crippen LogP contribution in [-0.2, 0) is 4.74 Å². The largest absolute Gasteiger partial charge is 0.370 e. The van der Waals surface area contributed by atoms with Crippen LogP contribution in [0.2, 0.25) is 0 Å². The molecule has 0 N–H and O–H groups in total. The Morgan fingerprint density at radius 3 is 2.21 bits per heavy atom. The van der Waals surface area contributed by atoms with Crippen molar-refractivity contribution in [3.05, 3.63) is 66.1 Å². The molecule has 5 heteroatoms. The Hall–Kier alpha value is -2.97. The van der Waals surface area contributed by atoms with Crippen LogP contribution in [0.5, 0.6) is 0 Å². The van der Waals surface area contributed by atoms with E-state index in [0.717, 1.165) is 35.5 Å². The number of pyridine rings is 1. The number of nitrogens with zero attached hydrogens (tertiary/aromatic N) is 4. The Labute approximate surface area is 172 Å². The van der Waals surface area contributed by atoms with E-state index in [1.165, 1.54) is 0 Å². The van der Waals surface area contributed by atoms with Crippen molar-refractivity contribution in [3.63, 3.8) is 0 Å². The van der Waals surface area contributed by atoms with Crippen LogP contribution >= 0.6 is 0 Å². The number of hydrogen-bond acceptors (Lipinski definition) is 4. The maximum atomic E-state index is 9.12. The second kappa shape index (κ2) is 7.13. The first kappa shape index (κ1) is 19.4. The van der Waals surface area contributed by atoms with Gasteiger partial charge in [0.05, 0.1) is 39.9 Å². The van der Waals surface area contributed by atoms with Gasteiger partial charge in [0.2, 0.25) is 0 Å². The van der Waals surface area contributed by atoms with Crippen molar-refractivity contribution in [1.29, 1.82) is 5.26 Å². The highest BCUT2D eigenvalue weighted by molar-refractivity contribution is 5.64. The molecule has 2 aromatic heterocycles. The summed E-state index contributed by atoms with van der Waals surface area (Å²) in [6, 6.07) is 15.9. The Balaban J connectivity index is 1.80. The first-order valence-corrected chi connectivity index (χ1v) is 9.97. The summed E-state index contributed by atoms with van der Waals surface area (Å²) < 4.78 is 8.25. The molecule has 1 aliphatic rings. The minimum atomic E-state index is -0.193. The normalized spacial score (nSPS) is 18.3. The van der Waals surface area contributed by atoms with Gasteiger partial charge in [0, 0.05) is 23.9 Å². The Morgan fingerprint density at radius 1 is 1.00 bits per heavy atom. The van der Waals surface area contributed by atoms with Crippen LogP contribution in [0.1, 0.15) is 57.7 Å². The molecule has 148 valence electrons. The van der Waals surface area contributed by atoms with Gasteiger partial charge in [-0.05, 0) is 70.9 Å². The summed E-state index contributed by atoms with van der Waals surface area (Å²) in [5.41, 5.74) is 4.35. The van der Waals surface area contributed by atoms with Crippen molar-refractivity contribution in [2.75, 3.05) is 0 Å². The predicted molar refractivity (Wildman–Crippen MR) is 113 cm³/mol. The molecule has 5 nitrogen and oxygen atoms in total. The molecule has 3 aromatic rings. The Bertz CT molecular complexity index is 1030. The summed E-state index contributed by atoms with van der Waals surface area (Å²) in [4.78, 5) is 4.14. The summed E-state index contributed by atoms with van der Waals surface area (Å²) in [5.74, 6) is 0.314. The fourth-order valence-corrected chi connectivity index (χ4v) is 4.50.